The van der Waals surface area contributed by atoms with E-state index in [-0.39, 0.29) is 5.56 Å². The molecule has 1 saturated carbocycles. The Balaban J connectivity index is 1.84. The lowest BCUT2D eigenvalue weighted by Crippen LogP contribution is -2.35. The first kappa shape index (κ1) is 14.2. The zero-order valence-electron chi connectivity index (χ0n) is 11.0. The van der Waals surface area contributed by atoms with Crippen molar-refractivity contribution >= 4 is 21.8 Å². The summed E-state index contributed by atoms with van der Waals surface area (Å²) in [6.07, 6.45) is 1.58. The molecule has 0 aliphatic heterocycles. The number of amides is 1. The first-order chi connectivity index (χ1) is 10.00. The van der Waals surface area contributed by atoms with Crippen LogP contribution < -0.4 is 5.32 Å². The fraction of sp³-hybridized carbons (Fsp3) is 0.188. The maximum absolute atomic E-state index is 13.6. The number of benzene rings is 2. The number of carbonyl (C=O) groups excluding carboxylic acids is 1. The predicted octanol–water partition coefficient (Wildman–Crippen LogP) is 4.15. The molecule has 1 N–H and O–H groups in total. The molecule has 1 amide bonds. The van der Waals surface area contributed by atoms with Crippen molar-refractivity contribution in [3.8, 4) is 0 Å². The zero-order chi connectivity index (χ0) is 15.0. The fourth-order valence-corrected chi connectivity index (χ4v) is 2.60. The molecule has 21 heavy (non-hydrogen) atoms. The Kier molecular flexibility index (Phi) is 3.53. The van der Waals surface area contributed by atoms with Crippen molar-refractivity contribution in [2.45, 2.75) is 18.4 Å². The highest BCUT2D eigenvalue weighted by Crippen LogP contribution is 2.45. The van der Waals surface area contributed by atoms with Gasteiger partial charge in [0.25, 0.3) is 5.91 Å². The number of hydrogen-bond donors (Lipinski definition) is 1. The van der Waals surface area contributed by atoms with Gasteiger partial charge in [-0.25, -0.2) is 8.78 Å². The van der Waals surface area contributed by atoms with E-state index < -0.39 is 23.1 Å². The maximum atomic E-state index is 13.6. The average molecular weight is 352 g/mol. The normalized spacial score (nSPS) is 15.6. The smallest absolute Gasteiger partial charge is 0.255 e. The number of nitrogens with one attached hydrogen (secondary N) is 1. The van der Waals surface area contributed by atoms with Crippen LogP contribution in [0, 0.1) is 11.6 Å². The largest absolute Gasteiger partial charge is 0.342 e. The lowest BCUT2D eigenvalue weighted by molar-refractivity contribution is 0.0926. The number of carbonyl (C=O) groups is 1. The maximum Gasteiger partial charge on any atom is 0.255 e. The van der Waals surface area contributed by atoms with Gasteiger partial charge in [0.1, 0.15) is 11.6 Å². The first-order valence-corrected chi connectivity index (χ1v) is 7.33. The second-order valence-corrected chi connectivity index (χ2v) is 6.08. The second-order valence-electron chi connectivity index (χ2n) is 5.17. The Morgan fingerprint density at radius 2 is 1.76 bits per heavy atom. The Bertz CT molecular complexity index is 696. The SMILES string of the molecule is O=C(NC1(c2ccc(Br)cc2)CC1)c1cc(F)ccc1F. The van der Waals surface area contributed by atoms with E-state index in [2.05, 4.69) is 21.2 Å². The third-order valence-corrected chi connectivity index (χ3v) is 4.20. The standard InChI is InChI=1S/C16H12BrF2NO/c17-11-3-1-10(2-4-11)16(7-8-16)20-15(21)13-9-12(18)5-6-14(13)19/h1-6,9H,7-8H2,(H,20,21). The highest BCUT2D eigenvalue weighted by atomic mass is 79.9. The van der Waals surface area contributed by atoms with Gasteiger partial charge in [-0.3, -0.25) is 4.79 Å². The molecule has 1 aliphatic rings. The summed E-state index contributed by atoms with van der Waals surface area (Å²) in [4.78, 5) is 12.2. The summed E-state index contributed by atoms with van der Waals surface area (Å²) in [7, 11) is 0. The third-order valence-electron chi connectivity index (χ3n) is 3.67. The number of hydrogen-bond acceptors (Lipinski definition) is 1. The molecule has 0 atom stereocenters. The molecule has 5 heteroatoms. The Morgan fingerprint density at radius 3 is 2.38 bits per heavy atom. The van der Waals surface area contributed by atoms with E-state index in [1.165, 1.54) is 0 Å². The molecule has 2 aromatic carbocycles. The first-order valence-electron chi connectivity index (χ1n) is 6.54. The summed E-state index contributed by atoms with van der Waals surface area (Å²) in [5.41, 5.74) is 0.241. The molecule has 2 nitrogen and oxygen atoms in total. The van der Waals surface area contributed by atoms with Crippen LogP contribution >= 0.6 is 15.9 Å². The van der Waals surface area contributed by atoms with E-state index in [4.69, 9.17) is 0 Å². The van der Waals surface area contributed by atoms with E-state index in [1.807, 2.05) is 24.3 Å². The molecule has 0 unspecified atom stereocenters. The molecule has 0 saturated heterocycles. The van der Waals surface area contributed by atoms with Gasteiger partial charge in [-0.1, -0.05) is 28.1 Å². The van der Waals surface area contributed by atoms with Crippen LogP contribution in [0.1, 0.15) is 28.8 Å². The van der Waals surface area contributed by atoms with Crippen LogP contribution in [-0.2, 0) is 5.54 Å². The molecular formula is C16H12BrF2NO. The highest BCUT2D eigenvalue weighted by Gasteiger charge is 2.45. The van der Waals surface area contributed by atoms with Crippen molar-refractivity contribution in [2.75, 3.05) is 0 Å². The summed E-state index contributed by atoms with van der Waals surface area (Å²) >= 11 is 3.36. The third kappa shape index (κ3) is 2.83. The number of halogens is 3. The van der Waals surface area contributed by atoms with Crippen LogP contribution in [0.3, 0.4) is 0 Å². The van der Waals surface area contributed by atoms with Crippen molar-refractivity contribution in [3.05, 3.63) is 69.7 Å². The summed E-state index contributed by atoms with van der Waals surface area (Å²) in [6, 6.07) is 10.5. The summed E-state index contributed by atoms with van der Waals surface area (Å²) in [5.74, 6) is -1.94. The van der Waals surface area contributed by atoms with Gasteiger partial charge in [0.15, 0.2) is 0 Å². The minimum Gasteiger partial charge on any atom is -0.342 e. The molecule has 1 aliphatic carbocycles. The molecule has 1 fully saturated rings. The minimum atomic E-state index is -0.722. The van der Waals surface area contributed by atoms with E-state index in [1.54, 1.807) is 0 Å². The molecular weight excluding hydrogens is 340 g/mol. The molecule has 0 bridgehead atoms. The fourth-order valence-electron chi connectivity index (χ4n) is 2.34. The Hall–Kier alpha value is -1.75. The summed E-state index contributed by atoms with van der Waals surface area (Å²) in [5, 5.41) is 2.83. The van der Waals surface area contributed by atoms with Crippen LogP contribution in [0.15, 0.2) is 46.9 Å². The van der Waals surface area contributed by atoms with E-state index >= 15 is 0 Å². The van der Waals surface area contributed by atoms with Crippen LogP contribution in [0.2, 0.25) is 0 Å². The van der Waals surface area contributed by atoms with E-state index in [0.717, 1.165) is 41.1 Å². The van der Waals surface area contributed by atoms with Crippen molar-refractivity contribution < 1.29 is 13.6 Å². The van der Waals surface area contributed by atoms with Gasteiger partial charge in [-0.2, -0.15) is 0 Å². The molecule has 0 spiro atoms. The monoisotopic (exact) mass is 351 g/mol. The number of rotatable bonds is 3. The van der Waals surface area contributed by atoms with Gasteiger partial charge in [-0.05, 0) is 48.7 Å². The summed E-state index contributed by atoms with van der Waals surface area (Å²) < 4.78 is 27.8. The van der Waals surface area contributed by atoms with E-state index in [9.17, 15) is 13.6 Å². The zero-order valence-corrected chi connectivity index (χ0v) is 12.6. The average Bonchev–Trinajstić information content (AvgIpc) is 3.23. The quantitative estimate of drug-likeness (QED) is 0.884. The second kappa shape index (κ2) is 5.22. The van der Waals surface area contributed by atoms with Crippen molar-refractivity contribution in [3.63, 3.8) is 0 Å². The molecule has 108 valence electrons. The van der Waals surface area contributed by atoms with Gasteiger partial charge in [0, 0.05) is 4.47 Å². The van der Waals surface area contributed by atoms with Crippen LogP contribution in [0.5, 0.6) is 0 Å². The van der Waals surface area contributed by atoms with Crippen LogP contribution in [0.25, 0.3) is 0 Å². The summed E-state index contributed by atoms with van der Waals surface area (Å²) in [6.45, 7) is 0. The van der Waals surface area contributed by atoms with Gasteiger partial charge >= 0.3 is 0 Å². The van der Waals surface area contributed by atoms with Gasteiger partial charge in [0.2, 0.25) is 0 Å². The Labute approximate surface area is 129 Å². The molecule has 2 aromatic rings. The van der Waals surface area contributed by atoms with Crippen LogP contribution in [-0.4, -0.2) is 5.91 Å². The van der Waals surface area contributed by atoms with Crippen LogP contribution in [0.4, 0.5) is 8.78 Å². The molecule has 0 aromatic heterocycles. The minimum absolute atomic E-state index is 0.265. The van der Waals surface area contributed by atoms with E-state index in [0.29, 0.717) is 0 Å². The Morgan fingerprint density at radius 1 is 1.10 bits per heavy atom. The highest BCUT2D eigenvalue weighted by molar-refractivity contribution is 9.10. The van der Waals surface area contributed by atoms with Gasteiger partial charge < -0.3 is 5.32 Å². The van der Waals surface area contributed by atoms with Crippen molar-refractivity contribution in [1.82, 2.24) is 5.32 Å². The van der Waals surface area contributed by atoms with Crippen molar-refractivity contribution in [1.29, 1.82) is 0 Å². The van der Waals surface area contributed by atoms with Gasteiger partial charge in [-0.15, -0.1) is 0 Å². The lowest BCUT2D eigenvalue weighted by Gasteiger charge is -2.18. The predicted molar refractivity (Wildman–Crippen MR) is 78.9 cm³/mol. The van der Waals surface area contributed by atoms with Gasteiger partial charge in [0.05, 0.1) is 11.1 Å². The van der Waals surface area contributed by atoms with Crippen molar-refractivity contribution in [2.24, 2.45) is 0 Å². The molecule has 0 heterocycles. The molecule has 3 rings (SSSR count). The topological polar surface area (TPSA) is 29.1 Å². The lowest BCUT2D eigenvalue weighted by atomic mass is 10.0. The molecule has 0 radical (unpaired) electrons.